The van der Waals surface area contributed by atoms with Crippen molar-refractivity contribution in [2.24, 2.45) is 16.5 Å². The molecular formula is C25H28N5O4S2-. The van der Waals surface area contributed by atoms with E-state index in [-0.39, 0.29) is 18.4 Å². The van der Waals surface area contributed by atoms with Gasteiger partial charge in [-0.15, -0.1) is 0 Å². The van der Waals surface area contributed by atoms with E-state index in [9.17, 15) is 13.6 Å². The van der Waals surface area contributed by atoms with Gasteiger partial charge in [-0.3, -0.25) is 8.78 Å². The molecule has 2 heterocycles. The van der Waals surface area contributed by atoms with Gasteiger partial charge in [-0.2, -0.15) is 0 Å². The van der Waals surface area contributed by atoms with Crippen LogP contribution >= 0.6 is 12.2 Å². The smallest absolute Gasteiger partial charge is 0.420 e. The van der Waals surface area contributed by atoms with E-state index in [1.54, 1.807) is 6.07 Å². The standard InChI is InChI=1S/C23H20N2O4S.C2H5N3S.2H2/c26-23-25(21-8-7-18(30(27)28)12-22(21)29-23)14-15-3-1-5-17(11-15)19-6-2-4-16-9-10-24-13-20(16)19;3-1-5-2(4)6;;/h1-8,11-12,24H,9-10,13-14H2,(H,27,28);1H,(H4,3,4,5,6);2*1H/p-1. The van der Waals surface area contributed by atoms with E-state index >= 15 is 0 Å². The minimum Gasteiger partial charge on any atom is -0.768 e. The fourth-order valence-corrected chi connectivity index (χ4v) is 4.62. The summed E-state index contributed by atoms with van der Waals surface area (Å²) < 4.78 is 29.1. The van der Waals surface area contributed by atoms with Gasteiger partial charge in [0.2, 0.25) is 0 Å². The quantitative estimate of drug-likeness (QED) is 0.159. The topological polar surface area (TPSA) is 152 Å². The highest BCUT2D eigenvalue weighted by molar-refractivity contribution is 7.80. The van der Waals surface area contributed by atoms with Crippen LogP contribution in [-0.4, -0.2) is 31.3 Å². The van der Waals surface area contributed by atoms with Gasteiger partial charge < -0.3 is 25.8 Å². The molecule has 0 spiro atoms. The number of benzene rings is 3. The minimum absolute atomic E-state index is 0. The molecular weight excluding hydrogens is 498 g/mol. The number of oxazole rings is 1. The van der Waals surface area contributed by atoms with Crippen molar-refractivity contribution in [3.63, 3.8) is 0 Å². The molecule has 1 aliphatic heterocycles. The van der Waals surface area contributed by atoms with E-state index < -0.39 is 16.8 Å². The SMILES string of the molecule is N/C=N\C(N)=S.O=c1oc2cc(S(=O)[O-])ccc2n1Cc1cccc(-c2cccc3c2CNCC3)c1.[HH].[HH]. The van der Waals surface area contributed by atoms with Crippen molar-refractivity contribution in [3.05, 3.63) is 87.9 Å². The Hall–Kier alpha value is -3.64. The van der Waals surface area contributed by atoms with Gasteiger partial charge in [0.15, 0.2) is 10.7 Å². The highest BCUT2D eigenvalue weighted by Crippen LogP contribution is 2.29. The first-order chi connectivity index (χ1) is 17.4. The van der Waals surface area contributed by atoms with Crippen LogP contribution in [0, 0.1) is 0 Å². The van der Waals surface area contributed by atoms with Gasteiger partial charge in [0.05, 0.1) is 18.4 Å². The molecule has 5 N–H and O–H groups in total. The lowest BCUT2D eigenvalue weighted by Crippen LogP contribution is -2.24. The van der Waals surface area contributed by atoms with Gasteiger partial charge in [-0.05, 0) is 88.3 Å². The molecule has 9 nitrogen and oxygen atoms in total. The number of thiocarbonyl (C=S) groups is 1. The van der Waals surface area contributed by atoms with Gasteiger partial charge >= 0.3 is 5.76 Å². The molecule has 0 aliphatic carbocycles. The summed E-state index contributed by atoms with van der Waals surface area (Å²) in [6.45, 7) is 2.19. The summed E-state index contributed by atoms with van der Waals surface area (Å²) >= 11 is 1.92. The third kappa shape index (κ3) is 5.77. The lowest BCUT2D eigenvalue weighted by atomic mass is 9.91. The van der Waals surface area contributed by atoms with Crippen molar-refractivity contribution in [2.75, 3.05) is 6.54 Å². The van der Waals surface area contributed by atoms with E-state index in [0.717, 1.165) is 37.0 Å². The molecule has 190 valence electrons. The number of nitrogens with one attached hydrogen (secondary N) is 1. The van der Waals surface area contributed by atoms with Gasteiger partial charge in [0.1, 0.15) is 0 Å². The zero-order chi connectivity index (χ0) is 25.7. The van der Waals surface area contributed by atoms with Gasteiger partial charge in [-0.25, -0.2) is 9.79 Å². The van der Waals surface area contributed by atoms with Crippen LogP contribution in [0.4, 0.5) is 0 Å². The fraction of sp³-hybridized carbons (Fsp3) is 0.160. The zero-order valence-corrected chi connectivity index (χ0v) is 20.8. The summed E-state index contributed by atoms with van der Waals surface area (Å²) in [5.74, 6) is -0.509. The maximum atomic E-state index is 12.4. The molecule has 1 aliphatic rings. The first-order valence-corrected chi connectivity index (χ1v) is 12.5. The number of aromatic nitrogens is 1. The molecule has 0 radical (unpaired) electrons. The Labute approximate surface area is 218 Å². The number of aliphatic imine (C=N–C) groups is 1. The Kier molecular flexibility index (Phi) is 8.06. The normalized spacial score (nSPS) is 13.7. The molecule has 1 atom stereocenters. The number of nitrogens with zero attached hydrogens (tertiary/aromatic N) is 2. The van der Waals surface area contributed by atoms with Gasteiger partial charge in [0.25, 0.3) is 0 Å². The molecule has 0 saturated carbocycles. The summed E-state index contributed by atoms with van der Waals surface area (Å²) in [5.41, 5.74) is 16.4. The largest absolute Gasteiger partial charge is 0.768 e. The molecule has 1 aromatic heterocycles. The van der Waals surface area contributed by atoms with Crippen molar-refractivity contribution in [3.8, 4) is 11.1 Å². The molecule has 4 aromatic rings. The molecule has 0 bridgehead atoms. The molecule has 0 fully saturated rings. The second-order valence-corrected chi connectivity index (χ2v) is 9.36. The van der Waals surface area contributed by atoms with E-state index in [1.807, 2.05) is 12.1 Å². The average molecular weight is 527 g/mol. The van der Waals surface area contributed by atoms with Crippen LogP contribution in [0.1, 0.15) is 19.5 Å². The number of fused-ring (bicyclic) bond motifs is 2. The predicted molar refractivity (Wildman–Crippen MR) is 148 cm³/mol. The van der Waals surface area contributed by atoms with Crippen LogP contribution in [0.15, 0.2) is 79.8 Å². The predicted octanol–water partition coefficient (Wildman–Crippen LogP) is 2.90. The van der Waals surface area contributed by atoms with Crippen molar-refractivity contribution < 1.29 is 16.0 Å². The average Bonchev–Trinajstić information content (AvgIpc) is 3.18. The van der Waals surface area contributed by atoms with Crippen LogP contribution in [0.2, 0.25) is 0 Å². The Bertz CT molecular complexity index is 1540. The first kappa shape index (κ1) is 25.5. The summed E-state index contributed by atoms with van der Waals surface area (Å²) in [4.78, 5) is 15.8. The number of nitrogens with two attached hydrogens (primary N) is 2. The van der Waals surface area contributed by atoms with E-state index in [4.69, 9.17) is 15.9 Å². The number of hydrogen-bond donors (Lipinski definition) is 3. The molecule has 1 unspecified atom stereocenters. The molecule has 5 rings (SSSR count). The lowest BCUT2D eigenvalue weighted by molar-refractivity contribution is 0.516. The summed E-state index contributed by atoms with van der Waals surface area (Å²) in [7, 11) is 0. The summed E-state index contributed by atoms with van der Waals surface area (Å²) in [6, 6.07) is 19.0. The Morgan fingerprint density at radius 2 is 2.06 bits per heavy atom. The van der Waals surface area contributed by atoms with Crippen LogP contribution in [-0.2, 0) is 30.6 Å². The van der Waals surface area contributed by atoms with Crippen LogP contribution in [0.25, 0.3) is 22.2 Å². The second kappa shape index (κ2) is 11.4. The molecule has 0 amide bonds. The third-order valence-corrected chi connectivity index (χ3v) is 6.50. The maximum absolute atomic E-state index is 12.4. The number of hydrogen-bond acceptors (Lipinski definition) is 6. The molecule has 3 aromatic carbocycles. The third-order valence-electron chi connectivity index (χ3n) is 5.76. The maximum Gasteiger partial charge on any atom is 0.420 e. The highest BCUT2D eigenvalue weighted by atomic mass is 32.2. The summed E-state index contributed by atoms with van der Waals surface area (Å²) in [6.07, 6.45) is 2.08. The molecule has 11 heteroatoms. The Balaban J connectivity index is 0.000000573. The van der Waals surface area contributed by atoms with Gasteiger partial charge in [0, 0.05) is 14.3 Å². The Morgan fingerprint density at radius 1 is 1.25 bits per heavy atom. The zero-order valence-electron chi connectivity index (χ0n) is 19.2. The Morgan fingerprint density at radius 3 is 2.78 bits per heavy atom. The van der Waals surface area contributed by atoms with Crippen molar-refractivity contribution in [1.82, 2.24) is 9.88 Å². The summed E-state index contributed by atoms with van der Waals surface area (Å²) in [5, 5.41) is 3.51. The van der Waals surface area contributed by atoms with Crippen molar-refractivity contribution in [2.45, 2.75) is 24.4 Å². The van der Waals surface area contributed by atoms with Gasteiger partial charge in [-0.1, -0.05) is 36.4 Å². The van der Waals surface area contributed by atoms with Crippen molar-refractivity contribution in [1.29, 1.82) is 0 Å². The van der Waals surface area contributed by atoms with E-state index in [2.05, 4.69) is 52.9 Å². The molecule has 0 saturated heterocycles. The highest BCUT2D eigenvalue weighted by Gasteiger charge is 2.15. The second-order valence-electron chi connectivity index (χ2n) is 8.01. The van der Waals surface area contributed by atoms with Crippen molar-refractivity contribution >= 4 is 45.8 Å². The monoisotopic (exact) mass is 526 g/mol. The van der Waals surface area contributed by atoms with Crippen LogP contribution in [0.5, 0.6) is 0 Å². The first-order valence-electron chi connectivity index (χ1n) is 11.0. The van der Waals surface area contributed by atoms with E-state index in [1.165, 1.54) is 33.4 Å². The van der Waals surface area contributed by atoms with E-state index in [0.29, 0.717) is 12.1 Å². The number of rotatable bonds is 4. The lowest BCUT2D eigenvalue weighted by Gasteiger charge is -2.20. The van der Waals surface area contributed by atoms with Crippen LogP contribution in [0.3, 0.4) is 0 Å². The molecule has 36 heavy (non-hydrogen) atoms. The van der Waals surface area contributed by atoms with Crippen LogP contribution < -0.4 is 22.5 Å². The fourth-order valence-electron chi connectivity index (χ4n) is 4.18. The minimum atomic E-state index is -2.37.